The summed E-state index contributed by atoms with van der Waals surface area (Å²) in [5, 5.41) is 13.2. The summed E-state index contributed by atoms with van der Waals surface area (Å²) in [5.74, 6) is 0. The van der Waals surface area contributed by atoms with Crippen LogP contribution in [0.15, 0.2) is 23.8 Å². The maximum absolute atomic E-state index is 9.87. The van der Waals surface area contributed by atoms with Gasteiger partial charge in [-0.1, -0.05) is 18.2 Å². The van der Waals surface area contributed by atoms with Crippen molar-refractivity contribution in [1.29, 1.82) is 0 Å². The van der Waals surface area contributed by atoms with Crippen LogP contribution in [0.4, 0.5) is 0 Å². The van der Waals surface area contributed by atoms with Gasteiger partial charge in [0.05, 0.1) is 6.10 Å². The molecule has 0 bridgehead atoms. The van der Waals surface area contributed by atoms with Crippen molar-refractivity contribution in [1.82, 2.24) is 5.32 Å². The number of rotatable bonds is 3. The highest BCUT2D eigenvalue weighted by atomic mass is 16.3. The Kier molecular flexibility index (Phi) is 3.90. The summed E-state index contributed by atoms with van der Waals surface area (Å²) in [4.78, 5) is 0. The third-order valence-electron chi connectivity index (χ3n) is 2.30. The maximum Gasteiger partial charge on any atom is 0.0877 e. The zero-order chi connectivity index (χ0) is 10.6. The molecule has 1 aliphatic carbocycles. The highest BCUT2D eigenvalue weighted by Gasteiger charge is 2.15. The summed E-state index contributed by atoms with van der Waals surface area (Å²) < 4.78 is 0. The molecule has 2 N–H and O–H groups in total. The normalized spacial score (nSPS) is 19.3. The average Bonchev–Trinajstić information content (AvgIpc) is 2.14. The lowest BCUT2D eigenvalue weighted by Crippen LogP contribution is -2.41. The van der Waals surface area contributed by atoms with Crippen LogP contribution in [0, 0.1) is 0 Å². The number of nitrogens with one attached hydrogen (secondary N) is 1. The molecule has 2 heteroatoms. The number of β-amino-alcohol motifs (C(OH)–C–C–N with tert-alkyl or cyclic N) is 1. The summed E-state index contributed by atoms with van der Waals surface area (Å²) in [6.07, 6.45) is 7.90. The topological polar surface area (TPSA) is 32.3 Å². The second-order valence-corrected chi connectivity index (χ2v) is 4.86. The number of allylic oxidation sites excluding steroid dienone is 3. The predicted molar refractivity (Wildman–Crippen MR) is 60.2 cm³/mol. The van der Waals surface area contributed by atoms with Crippen molar-refractivity contribution in [2.45, 2.75) is 45.3 Å². The molecule has 0 saturated carbocycles. The van der Waals surface area contributed by atoms with Gasteiger partial charge in [0.25, 0.3) is 0 Å². The van der Waals surface area contributed by atoms with Crippen molar-refractivity contribution in [3.05, 3.63) is 23.8 Å². The second-order valence-electron chi connectivity index (χ2n) is 4.86. The molecule has 2 nitrogen and oxygen atoms in total. The van der Waals surface area contributed by atoms with E-state index in [1.54, 1.807) is 0 Å². The molecule has 0 aromatic rings. The summed E-state index contributed by atoms with van der Waals surface area (Å²) in [5.41, 5.74) is 1.22. The van der Waals surface area contributed by atoms with E-state index in [0.29, 0.717) is 6.54 Å². The van der Waals surface area contributed by atoms with Gasteiger partial charge >= 0.3 is 0 Å². The van der Waals surface area contributed by atoms with Gasteiger partial charge in [-0.15, -0.1) is 0 Å². The molecule has 0 saturated heterocycles. The molecule has 80 valence electrons. The van der Waals surface area contributed by atoms with Crippen molar-refractivity contribution in [3.63, 3.8) is 0 Å². The van der Waals surface area contributed by atoms with Crippen LogP contribution < -0.4 is 5.32 Å². The molecule has 1 atom stereocenters. The molecule has 0 spiro atoms. The van der Waals surface area contributed by atoms with Gasteiger partial charge < -0.3 is 10.4 Å². The van der Waals surface area contributed by atoms with Crippen LogP contribution in [0.3, 0.4) is 0 Å². The van der Waals surface area contributed by atoms with E-state index in [4.69, 9.17) is 0 Å². The second kappa shape index (κ2) is 4.76. The van der Waals surface area contributed by atoms with Gasteiger partial charge in [-0.3, -0.25) is 0 Å². The Bertz CT molecular complexity index is 235. The number of aliphatic hydroxyl groups is 1. The van der Waals surface area contributed by atoms with Crippen LogP contribution in [0.1, 0.15) is 33.6 Å². The highest BCUT2D eigenvalue weighted by Crippen LogP contribution is 2.15. The van der Waals surface area contributed by atoms with Crippen LogP contribution in [0.2, 0.25) is 0 Å². The molecule has 14 heavy (non-hydrogen) atoms. The number of hydrogen-bond acceptors (Lipinski definition) is 2. The quantitative estimate of drug-likeness (QED) is 0.722. The van der Waals surface area contributed by atoms with E-state index in [2.05, 4.69) is 32.2 Å². The molecule has 0 aliphatic heterocycles. The molecular formula is C12H21NO. The summed E-state index contributed by atoms with van der Waals surface area (Å²) in [7, 11) is 0. The van der Waals surface area contributed by atoms with E-state index in [9.17, 15) is 5.11 Å². The van der Waals surface area contributed by atoms with Crippen molar-refractivity contribution in [3.8, 4) is 0 Å². The van der Waals surface area contributed by atoms with Gasteiger partial charge in [-0.2, -0.15) is 0 Å². The monoisotopic (exact) mass is 195 g/mol. The van der Waals surface area contributed by atoms with Crippen LogP contribution in [-0.2, 0) is 0 Å². The first-order chi connectivity index (χ1) is 6.49. The fourth-order valence-corrected chi connectivity index (χ4v) is 1.43. The minimum atomic E-state index is -0.334. The fraction of sp³-hybridized carbons (Fsp3) is 0.667. The van der Waals surface area contributed by atoms with Gasteiger partial charge in [0.15, 0.2) is 0 Å². The first-order valence-corrected chi connectivity index (χ1v) is 5.28. The smallest absolute Gasteiger partial charge is 0.0877 e. The minimum absolute atomic E-state index is 0.0754. The van der Waals surface area contributed by atoms with Crippen LogP contribution in [0.25, 0.3) is 0 Å². The zero-order valence-electron chi connectivity index (χ0n) is 9.38. The first kappa shape index (κ1) is 11.5. The van der Waals surface area contributed by atoms with Crippen molar-refractivity contribution in [2.24, 2.45) is 0 Å². The molecule has 0 aromatic heterocycles. The van der Waals surface area contributed by atoms with Crippen molar-refractivity contribution >= 4 is 0 Å². The van der Waals surface area contributed by atoms with Crippen LogP contribution >= 0.6 is 0 Å². The lowest BCUT2D eigenvalue weighted by Gasteiger charge is -2.24. The SMILES string of the molecule is CC(C)(C)NCC(O)C1=CC=CCC1. The van der Waals surface area contributed by atoms with Crippen molar-refractivity contribution in [2.75, 3.05) is 6.54 Å². The molecule has 1 unspecified atom stereocenters. The Morgan fingerprint density at radius 2 is 2.21 bits per heavy atom. The third-order valence-corrected chi connectivity index (χ3v) is 2.30. The number of aliphatic hydroxyl groups excluding tert-OH is 1. The van der Waals surface area contributed by atoms with Crippen molar-refractivity contribution < 1.29 is 5.11 Å². The molecule has 0 heterocycles. The van der Waals surface area contributed by atoms with Crippen LogP contribution in [-0.4, -0.2) is 23.3 Å². The van der Waals surface area contributed by atoms with E-state index < -0.39 is 0 Å². The van der Waals surface area contributed by atoms with Gasteiger partial charge in [0.2, 0.25) is 0 Å². The van der Waals surface area contributed by atoms with Crippen LogP contribution in [0.5, 0.6) is 0 Å². The third kappa shape index (κ3) is 4.07. The predicted octanol–water partition coefficient (Wildman–Crippen LogP) is 2.01. The Morgan fingerprint density at radius 1 is 1.50 bits per heavy atom. The molecule has 0 fully saturated rings. The van der Waals surface area contributed by atoms with E-state index in [1.165, 1.54) is 0 Å². The van der Waals surface area contributed by atoms with E-state index in [1.807, 2.05) is 12.2 Å². The number of hydrogen-bond donors (Lipinski definition) is 2. The molecule has 0 amide bonds. The summed E-state index contributed by atoms with van der Waals surface area (Å²) in [6, 6.07) is 0. The Balaban J connectivity index is 2.38. The standard InChI is InChI=1S/C12H21NO/c1-12(2,3)13-9-11(14)10-7-5-4-6-8-10/h4-5,7,11,13-14H,6,8-9H2,1-3H3. The minimum Gasteiger partial charge on any atom is -0.387 e. The van der Waals surface area contributed by atoms with Gasteiger partial charge in [0, 0.05) is 12.1 Å². The van der Waals surface area contributed by atoms with E-state index in [0.717, 1.165) is 18.4 Å². The lowest BCUT2D eigenvalue weighted by atomic mass is 9.99. The average molecular weight is 195 g/mol. The summed E-state index contributed by atoms with van der Waals surface area (Å²) >= 11 is 0. The Hall–Kier alpha value is -0.600. The van der Waals surface area contributed by atoms with E-state index >= 15 is 0 Å². The van der Waals surface area contributed by atoms with Gasteiger partial charge in [0.1, 0.15) is 0 Å². The Morgan fingerprint density at radius 3 is 2.71 bits per heavy atom. The highest BCUT2D eigenvalue weighted by molar-refractivity contribution is 5.21. The molecule has 0 radical (unpaired) electrons. The van der Waals surface area contributed by atoms with Gasteiger partial charge in [-0.05, 0) is 39.2 Å². The van der Waals surface area contributed by atoms with E-state index in [-0.39, 0.29) is 11.6 Å². The fourth-order valence-electron chi connectivity index (χ4n) is 1.43. The van der Waals surface area contributed by atoms with Gasteiger partial charge in [-0.25, -0.2) is 0 Å². The lowest BCUT2D eigenvalue weighted by molar-refractivity contribution is 0.189. The largest absolute Gasteiger partial charge is 0.387 e. The Labute approximate surface area is 86.7 Å². The molecule has 1 rings (SSSR count). The summed E-state index contributed by atoms with van der Waals surface area (Å²) in [6.45, 7) is 6.96. The zero-order valence-corrected chi connectivity index (χ0v) is 9.38. The molecule has 1 aliphatic rings. The molecule has 0 aromatic carbocycles. The maximum atomic E-state index is 9.87. The first-order valence-electron chi connectivity index (χ1n) is 5.28. The molecular weight excluding hydrogens is 174 g/mol.